The molecule has 1 aromatic heterocycles. The van der Waals surface area contributed by atoms with Gasteiger partial charge < -0.3 is 5.11 Å². The van der Waals surface area contributed by atoms with Gasteiger partial charge in [-0.3, -0.25) is 9.40 Å². The predicted octanol–water partition coefficient (Wildman–Crippen LogP) is 1.09. The first-order valence-electron chi connectivity index (χ1n) is 5.64. The van der Waals surface area contributed by atoms with E-state index in [1.807, 2.05) is 4.72 Å². The van der Waals surface area contributed by atoms with Crippen molar-refractivity contribution in [3.8, 4) is 0 Å². The van der Waals surface area contributed by atoms with Crippen LogP contribution in [-0.4, -0.2) is 29.9 Å². The summed E-state index contributed by atoms with van der Waals surface area (Å²) in [5, 5.41) is 12.4. The molecule has 0 saturated carbocycles. The van der Waals surface area contributed by atoms with Crippen molar-refractivity contribution < 1.29 is 26.7 Å². The highest BCUT2D eigenvalue weighted by Gasteiger charge is 2.19. The van der Waals surface area contributed by atoms with Crippen LogP contribution in [0.4, 0.5) is 18.9 Å². The van der Waals surface area contributed by atoms with Crippen LogP contribution in [0.2, 0.25) is 0 Å². The fraction of sp³-hybridized carbons (Fsp3) is 0.182. The molecular formula is C11H10F3N3O3S. The molecule has 21 heavy (non-hydrogen) atoms. The number of hydrogen-bond acceptors (Lipinski definition) is 4. The van der Waals surface area contributed by atoms with Gasteiger partial charge in [0.05, 0.1) is 25.0 Å². The SMILES string of the molecule is O=S(=O)(Nc1cc(F)c(F)c(F)c1)c1cnn(CCO)c1. The molecule has 114 valence electrons. The summed E-state index contributed by atoms with van der Waals surface area (Å²) in [6.07, 6.45) is 2.14. The molecule has 0 fully saturated rings. The van der Waals surface area contributed by atoms with Crippen LogP contribution >= 0.6 is 0 Å². The van der Waals surface area contributed by atoms with Gasteiger partial charge in [-0.05, 0) is 0 Å². The maximum Gasteiger partial charge on any atom is 0.265 e. The monoisotopic (exact) mass is 321 g/mol. The van der Waals surface area contributed by atoms with Crippen molar-refractivity contribution in [2.75, 3.05) is 11.3 Å². The van der Waals surface area contributed by atoms with Gasteiger partial charge in [0.1, 0.15) is 4.90 Å². The lowest BCUT2D eigenvalue weighted by atomic mass is 10.3. The Morgan fingerprint density at radius 2 is 1.86 bits per heavy atom. The smallest absolute Gasteiger partial charge is 0.265 e. The quantitative estimate of drug-likeness (QED) is 0.808. The Hall–Kier alpha value is -2.07. The minimum absolute atomic E-state index is 0.0926. The van der Waals surface area contributed by atoms with Crippen molar-refractivity contribution >= 4 is 15.7 Å². The lowest BCUT2D eigenvalue weighted by molar-refractivity contribution is 0.269. The molecule has 0 aliphatic rings. The van der Waals surface area contributed by atoms with Gasteiger partial charge in [-0.25, -0.2) is 21.6 Å². The Balaban J connectivity index is 2.28. The molecule has 0 saturated heterocycles. The van der Waals surface area contributed by atoms with Crippen LogP contribution in [0.15, 0.2) is 29.4 Å². The molecule has 0 unspecified atom stereocenters. The lowest BCUT2D eigenvalue weighted by Gasteiger charge is -2.07. The molecule has 0 bridgehead atoms. The second-order valence-corrected chi connectivity index (χ2v) is 5.70. The van der Waals surface area contributed by atoms with E-state index in [1.165, 1.54) is 4.68 Å². The Bertz CT molecular complexity index is 738. The van der Waals surface area contributed by atoms with Crippen LogP contribution in [0.25, 0.3) is 0 Å². The summed E-state index contributed by atoms with van der Waals surface area (Å²) in [4.78, 5) is -0.263. The summed E-state index contributed by atoms with van der Waals surface area (Å²) in [6.45, 7) is -0.141. The highest BCUT2D eigenvalue weighted by atomic mass is 32.2. The van der Waals surface area contributed by atoms with Crippen molar-refractivity contribution in [3.63, 3.8) is 0 Å². The Kier molecular flexibility index (Phi) is 4.19. The van der Waals surface area contributed by atoms with E-state index in [-0.39, 0.29) is 18.0 Å². The van der Waals surface area contributed by atoms with Crippen LogP contribution in [-0.2, 0) is 16.6 Å². The molecule has 1 heterocycles. The largest absolute Gasteiger partial charge is 0.394 e. The summed E-state index contributed by atoms with van der Waals surface area (Å²) in [6, 6.07) is 1.04. The molecule has 1 aromatic carbocycles. The second-order valence-electron chi connectivity index (χ2n) is 4.02. The third-order valence-corrected chi connectivity index (χ3v) is 3.82. The maximum atomic E-state index is 13.0. The summed E-state index contributed by atoms with van der Waals surface area (Å²) in [7, 11) is -4.13. The molecule has 0 aliphatic carbocycles. The highest BCUT2D eigenvalue weighted by Crippen LogP contribution is 2.20. The van der Waals surface area contributed by atoms with Crippen molar-refractivity contribution in [1.29, 1.82) is 0 Å². The third-order valence-electron chi connectivity index (χ3n) is 2.48. The van der Waals surface area contributed by atoms with Crippen LogP contribution < -0.4 is 4.72 Å². The minimum Gasteiger partial charge on any atom is -0.394 e. The summed E-state index contributed by atoms with van der Waals surface area (Å²) in [5.74, 6) is -4.71. The van der Waals surface area contributed by atoms with Gasteiger partial charge in [0, 0.05) is 18.3 Å². The third kappa shape index (κ3) is 3.34. The van der Waals surface area contributed by atoms with E-state index in [4.69, 9.17) is 5.11 Å². The zero-order chi connectivity index (χ0) is 15.6. The van der Waals surface area contributed by atoms with Gasteiger partial charge in [0.2, 0.25) is 0 Å². The lowest BCUT2D eigenvalue weighted by Crippen LogP contribution is -2.13. The summed E-state index contributed by atoms with van der Waals surface area (Å²) in [5.41, 5.74) is -0.457. The Morgan fingerprint density at radius 3 is 2.43 bits per heavy atom. The van der Waals surface area contributed by atoms with E-state index < -0.39 is 33.2 Å². The number of anilines is 1. The molecule has 0 radical (unpaired) electrons. The molecule has 2 N–H and O–H groups in total. The Morgan fingerprint density at radius 1 is 1.24 bits per heavy atom. The molecule has 0 aliphatic heterocycles. The molecule has 6 nitrogen and oxygen atoms in total. The first-order valence-corrected chi connectivity index (χ1v) is 7.12. The van der Waals surface area contributed by atoms with Crippen molar-refractivity contribution in [3.05, 3.63) is 42.0 Å². The van der Waals surface area contributed by atoms with Gasteiger partial charge in [-0.15, -0.1) is 0 Å². The van der Waals surface area contributed by atoms with Crippen LogP contribution in [0.5, 0.6) is 0 Å². The maximum absolute atomic E-state index is 13.0. The molecule has 10 heteroatoms. The van der Waals surface area contributed by atoms with Gasteiger partial charge in [0.15, 0.2) is 17.5 Å². The number of aliphatic hydroxyl groups excluding tert-OH is 1. The number of aliphatic hydroxyl groups is 1. The first kappa shape index (κ1) is 15.3. The van der Waals surface area contributed by atoms with Crippen LogP contribution in [0, 0.1) is 17.5 Å². The van der Waals surface area contributed by atoms with Crippen molar-refractivity contribution in [1.82, 2.24) is 9.78 Å². The highest BCUT2D eigenvalue weighted by molar-refractivity contribution is 7.92. The first-order chi connectivity index (χ1) is 9.83. The van der Waals surface area contributed by atoms with E-state index >= 15 is 0 Å². The number of halogens is 3. The Labute approximate surface area is 117 Å². The summed E-state index contributed by atoms with van der Waals surface area (Å²) < 4.78 is 65.9. The van der Waals surface area contributed by atoms with Crippen molar-refractivity contribution in [2.24, 2.45) is 0 Å². The van der Waals surface area contributed by atoms with E-state index in [1.54, 1.807) is 0 Å². The van der Waals surface area contributed by atoms with E-state index in [0.29, 0.717) is 12.1 Å². The zero-order valence-electron chi connectivity index (χ0n) is 10.4. The van der Waals surface area contributed by atoms with Crippen LogP contribution in [0.1, 0.15) is 0 Å². The fourth-order valence-electron chi connectivity index (χ4n) is 1.54. The average Bonchev–Trinajstić information content (AvgIpc) is 2.85. The molecule has 2 rings (SSSR count). The number of aromatic nitrogens is 2. The second kappa shape index (κ2) is 5.74. The zero-order valence-corrected chi connectivity index (χ0v) is 11.2. The van der Waals surface area contributed by atoms with Crippen molar-refractivity contribution in [2.45, 2.75) is 11.4 Å². The van der Waals surface area contributed by atoms with E-state index in [0.717, 1.165) is 12.4 Å². The standard InChI is InChI=1S/C11H10F3N3O3S/c12-9-3-7(4-10(13)11(9)14)16-21(19,20)8-5-15-17(6-8)1-2-18/h3-6,16,18H,1-2H2. The van der Waals surface area contributed by atoms with Gasteiger partial charge in [0.25, 0.3) is 10.0 Å². The van der Waals surface area contributed by atoms with Gasteiger partial charge in [-0.2, -0.15) is 5.10 Å². The minimum atomic E-state index is -4.13. The molecular weight excluding hydrogens is 311 g/mol. The van der Waals surface area contributed by atoms with Gasteiger partial charge >= 0.3 is 0 Å². The number of nitrogens with one attached hydrogen (secondary N) is 1. The number of sulfonamides is 1. The number of nitrogens with zero attached hydrogens (tertiary/aromatic N) is 2. The number of rotatable bonds is 5. The number of hydrogen-bond donors (Lipinski definition) is 2. The molecule has 0 spiro atoms. The fourth-order valence-corrected chi connectivity index (χ4v) is 2.53. The molecule has 2 aromatic rings. The average molecular weight is 321 g/mol. The van der Waals surface area contributed by atoms with E-state index in [9.17, 15) is 21.6 Å². The molecule has 0 atom stereocenters. The predicted molar refractivity (Wildman–Crippen MR) is 66.4 cm³/mol. The van der Waals surface area contributed by atoms with E-state index in [2.05, 4.69) is 5.10 Å². The topological polar surface area (TPSA) is 84.2 Å². The van der Waals surface area contributed by atoms with Gasteiger partial charge in [-0.1, -0.05) is 0 Å². The van der Waals surface area contributed by atoms with Crippen LogP contribution in [0.3, 0.4) is 0 Å². The normalized spacial score (nSPS) is 11.6. The molecule has 0 amide bonds. The summed E-state index contributed by atoms with van der Waals surface area (Å²) >= 11 is 0. The number of benzene rings is 1.